The fraction of sp³-hybridized carbons (Fsp3) is 0.444. The Labute approximate surface area is 95.5 Å². The number of aryl methyl sites for hydroxylation is 1. The van der Waals surface area contributed by atoms with Crippen molar-refractivity contribution >= 4 is 12.0 Å². The van der Waals surface area contributed by atoms with E-state index < -0.39 is 17.9 Å². The van der Waals surface area contributed by atoms with E-state index in [0.717, 1.165) is 6.20 Å². The average Bonchev–Trinajstić information content (AvgIpc) is 2.19. The Morgan fingerprint density at radius 2 is 2.12 bits per heavy atom. The van der Waals surface area contributed by atoms with Crippen LogP contribution in [0.3, 0.4) is 0 Å². The predicted molar refractivity (Wildman–Crippen MR) is 54.5 cm³/mol. The lowest BCUT2D eigenvalue weighted by atomic mass is 10.2. The summed E-state index contributed by atoms with van der Waals surface area (Å²) in [6.07, 6.45) is -3.55. The Kier molecular flexibility index (Phi) is 3.87. The minimum Gasteiger partial charge on any atom is -0.338 e. The van der Waals surface area contributed by atoms with Crippen molar-refractivity contribution < 1.29 is 18.0 Å². The van der Waals surface area contributed by atoms with Gasteiger partial charge in [-0.2, -0.15) is 13.2 Å². The highest BCUT2D eigenvalue weighted by Crippen LogP contribution is 2.30. The Hall–Kier alpha value is -1.86. The van der Waals surface area contributed by atoms with Gasteiger partial charge in [0.15, 0.2) is 5.69 Å². The van der Waals surface area contributed by atoms with E-state index in [1.54, 1.807) is 6.92 Å². The van der Waals surface area contributed by atoms with E-state index in [1.165, 1.54) is 6.92 Å². The number of nitrogens with one attached hydrogen (secondary N) is 2. The molecule has 1 aromatic heterocycles. The minimum absolute atomic E-state index is 0.0982. The summed E-state index contributed by atoms with van der Waals surface area (Å²) >= 11 is 0. The lowest BCUT2D eigenvalue weighted by Gasteiger charge is -2.10. The fourth-order valence-electron chi connectivity index (χ4n) is 1.10. The van der Waals surface area contributed by atoms with Gasteiger partial charge in [-0.3, -0.25) is 5.32 Å². The molecule has 0 unspecified atom stereocenters. The summed E-state index contributed by atoms with van der Waals surface area (Å²) in [4.78, 5) is 17.9. The van der Waals surface area contributed by atoms with Crippen molar-refractivity contribution in [1.29, 1.82) is 0 Å². The van der Waals surface area contributed by atoms with Crippen molar-refractivity contribution in [2.45, 2.75) is 20.0 Å². The molecule has 0 radical (unpaired) electrons. The molecule has 0 aliphatic heterocycles. The molecule has 0 fully saturated rings. The fourth-order valence-corrected chi connectivity index (χ4v) is 1.10. The molecule has 0 aliphatic rings. The summed E-state index contributed by atoms with van der Waals surface area (Å²) in [6, 6.07) is -0.649. The first kappa shape index (κ1) is 13.2. The number of aromatic nitrogens is 2. The molecular formula is C9H11F3N4O. The molecule has 5 nitrogen and oxygen atoms in total. The third-order valence-electron chi connectivity index (χ3n) is 1.80. The van der Waals surface area contributed by atoms with E-state index in [4.69, 9.17) is 0 Å². The van der Waals surface area contributed by atoms with E-state index >= 15 is 0 Å². The maximum absolute atomic E-state index is 12.5. The number of hydrogen-bond acceptors (Lipinski definition) is 3. The molecule has 1 rings (SSSR count). The quantitative estimate of drug-likeness (QED) is 0.840. The Morgan fingerprint density at radius 3 is 2.65 bits per heavy atom. The largest absolute Gasteiger partial charge is 0.433 e. The number of alkyl halides is 3. The molecule has 1 heterocycles. The second-order valence-electron chi connectivity index (χ2n) is 3.21. The minimum atomic E-state index is -4.56. The first-order valence-corrected chi connectivity index (χ1v) is 4.80. The molecule has 94 valence electrons. The third-order valence-corrected chi connectivity index (χ3v) is 1.80. The number of rotatable bonds is 2. The summed E-state index contributed by atoms with van der Waals surface area (Å²) in [5.41, 5.74) is -1.15. The van der Waals surface area contributed by atoms with E-state index in [-0.39, 0.29) is 11.5 Å². The van der Waals surface area contributed by atoms with Gasteiger partial charge in [0.2, 0.25) is 5.95 Å². The van der Waals surface area contributed by atoms with Crippen LogP contribution in [0.15, 0.2) is 6.20 Å². The van der Waals surface area contributed by atoms with Crippen molar-refractivity contribution in [3.63, 3.8) is 0 Å². The third kappa shape index (κ3) is 3.58. The van der Waals surface area contributed by atoms with Crippen LogP contribution in [0, 0.1) is 6.92 Å². The average molecular weight is 248 g/mol. The van der Waals surface area contributed by atoms with Crippen LogP contribution in [0.4, 0.5) is 23.9 Å². The van der Waals surface area contributed by atoms with Gasteiger partial charge in [0, 0.05) is 12.7 Å². The lowest BCUT2D eigenvalue weighted by Crippen LogP contribution is -2.29. The van der Waals surface area contributed by atoms with E-state index in [1.807, 2.05) is 0 Å². The number of amides is 2. The van der Waals surface area contributed by atoms with Crippen LogP contribution in [-0.2, 0) is 6.18 Å². The summed E-state index contributed by atoms with van der Waals surface area (Å²) in [5, 5.41) is 4.47. The van der Waals surface area contributed by atoms with Gasteiger partial charge in [0.25, 0.3) is 0 Å². The van der Waals surface area contributed by atoms with Gasteiger partial charge in [0.05, 0.1) is 0 Å². The van der Waals surface area contributed by atoms with Crippen LogP contribution in [-0.4, -0.2) is 22.5 Å². The van der Waals surface area contributed by atoms with Crippen molar-refractivity contribution in [1.82, 2.24) is 15.3 Å². The standard InChI is InChI=1S/C9H11F3N4O/c1-3-13-8(17)16-7-14-4-5(2)6(15-7)9(10,11)12/h4H,3H2,1-2H3,(H2,13,14,15,16,17). The first-order valence-electron chi connectivity index (χ1n) is 4.80. The number of nitrogens with zero attached hydrogens (tertiary/aromatic N) is 2. The van der Waals surface area contributed by atoms with Gasteiger partial charge in [0.1, 0.15) is 0 Å². The van der Waals surface area contributed by atoms with Crippen LogP contribution in [0.1, 0.15) is 18.2 Å². The van der Waals surface area contributed by atoms with E-state index in [9.17, 15) is 18.0 Å². The number of carbonyl (C=O) groups is 1. The van der Waals surface area contributed by atoms with Crippen LogP contribution in [0.5, 0.6) is 0 Å². The van der Waals surface area contributed by atoms with Gasteiger partial charge in [-0.1, -0.05) is 0 Å². The summed E-state index contributed by atoms with van der Waals surface area (Å²) < 4.78 is 37.5. The highest BCUT2D eigenvalue weighted by molar-refractivity contribution is 5.87. The zero-order chi connectivity index (χ0) is 13.1. The predicted octanol–water partition coefficient (Wildman–Crippen LogP) is 1.95. The van der Waals surface area contributed by atoms with Gasteiger partial charge in [-0.15, -0.1) is 0 Å². The van der Waals surface area contributed by atoms with Crippen LogP contribution in [0.25, 0.3) is 0 Å². The van der Waals surface area contributed by atoms with Crippen molar-refractivity contribution in [2.75, 3.05) is 11.9 Å². The van der Waals surface area contributed by atoms with Gasteiger partial charge < -0.3 is 5.32 Å². The van der Waals surface area contributed by atoms with E-state index in [2.05, 4.69) is 20.6 Å². The number of carbonyl (C=O) groups excluding carboxylic acids is 1. The number of urea groups is 1. The van der Waals surface area contributed by atoms with Crippen LogP contribution >= 0.6 is 0 Å². The van der Waals surface area contributed by atoms with Gasteiger partial charge >= 0.3 is 12.2 Å². The summed E-state index contributed by atoms with van der Waals surface area (Å²) in [6.45, 7) is 3.28. The van der Waals surface area contributed by atoms with Gasteiger partial charge in [-0.05, 0) is 19.4 Å². The summed E-state index contributed by atoms with van der Waals surface area (Å²) in [5.74, 6) is -0.381. The second kappa shape index (κ2) is 4.98. The molecule has 8 heteroatoms. The zero-order valence-electron chi connectivity index (χ0n) is 9.22. The topological polar surface area (TPSA) is 66.9 Å². The lowest BCUT2D eigenvalue weighted by molar-refractivity contribution is -0.141. The van der Waals surface area contributed by atoms with Crippen molar-refractivity contribution in [3.05, 3.63) is 17.5 Å². The SMILES string of the molecule is CCNC(=O)Nc1ncc(C)c(C(F)(F)F)n1. The van der Waals surface area contributed by atoms with Gasteiger partial charge in [-0.25, -0.2) is 14.8 Å². The highest BCUT2D eigenvalue weighted by Gasteiger charge is 2.35. The maximum atomic E-state index is 12.5. The normalized spacial score (nSPS) is 11.1. The molecule has 1 aromatic rings. The second-order valence-corrected chi connectivity index (χ2v) is 3.21. The molecule has 0 aliphatic carbocycles. The molecule has 0 bridgehead atoms. The highest BCUT2D eigenvalue weighted by atomic mass is 19.4. The Balaban J connectivity index is 2.93. The smallest absolute Gasteiger partial charge is 0.338 e. The molecule has 2 amide bonds. The van der Waals surface area contributed by atoms with Crippen LogP contribution < -0.4 is 10.6 Å². The molecule has 2 N–H and O–H groups in total. The molecule has 0 aromatic carbocycles. The zero-order valence-corrected chi connectivity index (χ0v) is 9.22. The first-order chi connectivity index (χ1) is 7.84. The number of hydrogen-bond donors (Lipinski definition) is 2. The van der Waals surface area contributed by atoms with Crippen molar-refractivity contribution in [2.24, 2.45) is 0 Å². The van der Waals surface area contributed by atoms with Crippen molar-refractivity contribution in [3.8, 4) is 0 Å². The molecule has 0 saturated carbocycles. The molecule has 17 heavy (non-hydrogen) atoms. The molecule has 0 spiro atoms. The van der Waals surface area contributed by atoms with Crippen LogP contribution in [0.2, 0.25) is 0 Å². The Bertz CT molecular complexity index is 419. The molecule has 0 saturated heterocycles. The maximum Gasteiger partial charge on any atom is 0.433 e. The van der Waals surface area contributed by atoms with E-state index in [0.29, 0.717) is 6.54 Å². The number of halogens is 3. The monoisotopic (exact) mass is 248 g/mol. The molecule has 0 atom stereocenters. The summed E-state index contributed by atoms with van der Waals surface area (Å²) in [7, 11) is 0. The number of anilines is 1. The Morgan fingerprint density at radius 1 is 1.47 bits per heavy atom. The molecular weight excluding hydrogens is 237 g/mol.